The lowest BCUT2D eigenvalue weighted by Gasteiger charge is -2.26. The van der Waals surface area contributed by atoms with E-state index in [-0.39, 0.29) is 42.6 Å². The lowest BCUT2D eigenvalue weighted by Crippen LogP contribution is -2.55. The maximum atomic E-state index is 13.2. The van der Waals surface area contributed by atoms with Crippen molar-refractivity contribution in [3.63, 3.8) is 0 Å². The topological polar surface area (TPSA) is 142 Å². The van der Waals surface area contributed by atoms with E-state index in [1.807, 2.05) is 13.8 Å². The number of nitrogens with two attached hydrogens (primary N) is 1. The molecule has 1 heterocycles. The zero-order chi connectivity index (χ0) is 26.1. The first-order valence-corrected chi connectivity index (χ1v) is 13.6. The number of nitrogens with one attached hydrogen (secondary N) is 4. The highest BCUT2D eigenvalue weighted by molar-refractivity contribution is 5.93. The smallest absolute Gasteiger partial charge is 0.243 e. The summed E-state index contributed by atoms with van der Waals surface area (Å²) in [4.78, 5) is 51.2. The van der Waals surface area contributed by atoms with Crippen molar-refractivity contribution in [3.8, 4) is 0 Å². The molecule has 0 bridgehead atoms. The zero-order valence-corrected chi connectivity index (χ0v) is 22.1. The molecule has 1 fully saturated rings. The van der Waals surface area contributed by atoms with Gasteiger partial charge in [-0.05, 0) is 44.6 Å². The van der Waals surface area contributed by atoms with Crippen LogP contribution in [0.15, 0.2) is 0 Å². The molecule has 1 aliphatic heterocycles. The van der Waals surface area contributed by atoms with Crippen molar-refractivity contribution in [2.75, 3.05) is 13.1 Å². The molecule has 0 spiro atoms. The van der Waals surface area contributed by atoms with Crippen molar-refractivity contribution < 1.29 is 19.2 Å². The first kappa shape index (κ1) is 30.9. The third-order valence-corrected chi connectivity index (χ3v) is 6.32. The largest absolute Gasteiger partial charge is 0.351 e. The molecule has 0 aliphatic carbocycles. The van der Waals surface area contributed by atoms with E-state index in [1.165, 1.54) is 25.7 Å². The summed E-state index contributed by atoms with van der Waals surface area (Å²) < 4.78 is 0. The maximum absolute atomic E-state index is 13.2. The van der Waals surface area contributed by atoms with E-state index in [1.54, 1.807) is 0 Å². The molecule has 35 heavy (non-hydrogen) atoms. The van der Waals surface area contributed by atoms with Gasteiger partial charge in [0.05, 0.1) is 6.54 Å². The van der Waals surface area contributed by atoms with Gasteiger partial charge in [-0.1, -0.05) is 65.7 Å². The molecule has 1 rings (SSSR count). The Kier molecular flexibility index (Phi) is 16.0. The van der Waals surface area contributed by atoms with Crippen LogP contribution >= 0.6 is 0 Å². The summed E-state index contributed by atoms with van der Waals surface area (Å²) in [5, 5.41) is 11.2. The van der Waals surface area contributed by atoms with E-state index in [4.69, 9.17) is 5.73 Å². The third kappa shape index (κ3) is 14.1. The molecule has 3 atom stereocenters. The van der Waals surface area contributed by atoms with Gasteiger partial charge in [0.15, 0.2) is 0 Å². The summed E-state index contributed by atoms with van der Waals surface area (Å²) >= 11 is 0. The number of amides is 4. The Hall–Kier alpha value is -2.16. The number of hydrogen-bond acceptors (Lipinski definition) is 5. The van der Waals surface area contributed by atoms with Gasteiger partial charge in [-0.15, -0.1) is 0 Å². The molecule has 0 aromatic rings. The van der Waals surface area contributed by atoms with E-state index in [2.05, 4.69) is 28.2 Å². The van der Waals surface area contributed by atoms with Crippen LogP contribution in [0.25, 0.3) is 0 Å². The van der Waals surface area contributed by atoms with Crippen molar-refractivity contribution in [2.24, 2.45) is 11.7 Å². The van der Waals surface area contributed by atoms with Gasteiger partial charge in [0.1, 0.15) is 12.1 Å². The number of rotatable bonds is 14. The minimum atomic E-state index is -0.780. The molecule has 0 saturated carbocycles. The molecule has 4 amide bonds. The Balaban J connectivity index is 2.90. The van der Waals surface area contributed by atoms with Gasteiger partial charge in [0.25, 0.3) is 0 Å². The number of hydrogen-bond donors (Lipinski definition) is 5. The number of carbonyl (C=O) groups excluding carboxylic acids is 4. The number of carbonyl (C=O) groups is 4. The second kappa shape index (κ2) is 18.2. The van der Waals surface area contributed by atoms with E-state index in [0.717, 1.165) is 25.7 Å². The zero-order valence-electron chi connectivity index (χ0n) is 22.1. The van der Waals surface area contributed by atoms with Crippen LogP contribution in [0.3, 0.4) is 0 Å². The van der Waals surface area contributed by atoms with Gasteiger partial charge in [-0.3, -0.25) is 19.2 Å². The first-order valence-electron chi connectivity index (χ1n) is 13.6. The van der Waals surface area contributed by atoms with Gasteiger partial charge in [-0.25, -0.2) is 0 Å². The van der Waals surface area contributed by atoms with Crippen LogP contribution in [0.1, 0.15) is 104 Å². The van der Waals surface area contributed by atoms with Crippen molar-refractivity contribution in [1.82, 2.24) is 21.3 Å². The summed E-state index contributed by atoms with van der Waals surface area (Å²) in [6.07, 6.45) is 11.1. The molecular formula is C26H49N5O4. The van der Waals surface area contributed by atoms with Crippen molar-refractivity contribution >= 4 is 23.6 Å². The van der Waals surface area contributed by atoms with Gasteiger partial charge >= 0.3 is 0 Å². The quantitative estimate of drug-likeness (QED) is 0.235. The third-order valence-electron chi connectivity index (χ3n) is 6.32. The lowest BCUT2D eigenvalue weighted by atomic mass is 9.99. The fourth-order valence-corrected chi connectivity index (χ4v) is 4.33. The fraction of sp³-hybridized carbons (Fsp3) is 0.846. The Morgan fingerprint density at radius 3 is 2.06 bits per heavy atom. The summed E-state index contributed by atoms with van der Waals surface area (Å²) in [5.74, 6) is -1.19. The van der Waals surface area contributed by atoms with Crippen LogP contribution in [-0.4, -0.2) is 54.8 Å². The predicted molar refractivity (Wildman–Crippen MR) is 138 cm³/mol. The van der Waals surface area contributed by atoms with Gasteiger partial charge < -0.3 is 27.0 Å². The molecule has 0 aromatic carbocycles. The standard InChI is InChI=1S/C26H49N5O4/c1-4-5-6-7-8-9-10-13-20-17-23(32)28-18-24(33)30-21(14-11-12-15-27)25(34)31-22(16-19(2)3)26(35)29-20/h19-22H,4-18,27H2,1-3H3,(H,28,32)(H,29,35)(H,30,33)(H,31,34)/t20?,21-,22?/m0/s1. The average Bonchev–Trinajstić information content (AvgIpc) is 2.80. The Labute approximate surface area is 211 Å². The van der Waals surface area contributed by atoms with Gasteiger partial charge in [0, 0.05) is 12.5 Å². The molecule has 6 N–H and O–H groups in total. The Morgan fingerprint density at radius 1 is 0.771 bits per heavy atom. The molecule has 1 aliphatic rings. The molecule has 9 nitrogen and oxygen atoms in total. The van der Waals surface area contributed by atoms with Crippen LogP contribution in [0.2, 0.25) is 0 Å². The predicted octanol–water partition coefficient (Wildman–Crippen LogP) is 2.28. The monoisotopic (exact) mass is 495 g/mol. The highest BCUT2D eigenvalue weighted by Gasteiger charge is 2.29. The summed E-state index contributed by atoms with van der Waals surface area (Å²) in [7, 11) is 0. The second-order valence-electron chi connectivity index (χ2n) is 10.2. The summed E-state index contributed by atoms with van der Waals surface area (Å²) in [5.41, 5.74) is 5.57. The molecule has 1 saturated heterocycles. The lowest BCUT2D eigenvalue weighted by molar-refractivity contribution is -0.132. The Bertz CT molecular complexity index is 656. The molecular weight excluding hydrogens is 446 g/mol. The Morgan fingerprint density at radius 2 is 1.40 bits per heavy atom. The minimum absolute atomic E-state index is 0.108. The van der Waals surface area contributed by atoms with Crippen LogP contribution in [0, 0.1) is 5.92 Å². The van der Waals surface area contributed by atoms with E-state index >= 15 is 0 Å². The normalized spacial score (nSPS) is 22.4. The second-order valence-corrected chi connectivity index (χ2v) is 10.2. The molecule has 202 valence electrons. The van der Waals surface area contributed by atoms with Crippen molar-refractivity contribution in [3.05, 3.63) is 0 Å². The van der Waals surface area contributed by atoms with E-state index < -0.39 is 18.0 Å². The van der Waals surface area contributed by atoms with Crippen LogP contribution < -0.4 is 27.0 Å². The molecule has 0 aromatic heterocycles. The SMILES string of the molecule is CCCCCCCCCC1CC(=O)NCC(=O)N[C@@H](CCCCN)C(=O)NC(CC(C)C)C(=O)N1. The van der Waals surface area contributed by atoms with Gasteiger partial charge in [-0.2, -0.15) is 0 Å². The van der Waals surface area contributed by atoms with Crippen LogP contribution in [0.5, 0.6) is 0 Å². The minimum Gasteiger partial charge on any atom is -0.351 e. The fourth-order valence-electron chi connectivity index (χ4n) is 4.33. The van der Waals surface area contributed by atoms with Gasteiger partial charge in [0.2, 0.25) is 23.6 Å². The highest BCUT2D eigenvalue weighted by Crippen LogP contribution is 2.13. The van der Waals surface area contributed by atoms with Crippen molar-refractivity contribution in [1.29, 1.82) is 0 Å². The van der Waals surface area contributed by atoms with Crippen LogP contribution in [0.4, 0.5) is 0 Å². The number of unbranched alkanes of at least 4 members (excludes halogenated alkanes) is 7. The summed E-state index contributed by atoms with van der Waals surface area (Å²) in [6, 6.07) is -1.84. The highest BCUT2D eigenvalue weighted by atomic mass is 16.2. The average molecular weight is 496 g/mol. The van der Waals surface area contributed by atoms with E-state index in [9.17, 15) is 19.2 Å². The van der Waals surface area contributed by atoms with Crippen molar-refractivity contribution in [2.45, 2.75) is 122 Å². The van der Waals surface area contributed by atoms with Crippen LogP contribution in [-0.2, 0) is 19.2 Å². The first-order chi connectivity index (χ1) is 16.8. The summed E-state index contributed by atoms with van der Waals surface area (Å²) in [6.45, 7) is 6.47. The molecule has 2 unspecified atom stereocenters. The maximum Gasteiger partial charge on any atom is 0.243 e. The molecule has 0 radical (unpaired) electrons. The van der Waals surface area contributed by atoms with E-state index in [0.29, 0.717) is 32.2 Å². The molecule has 9 heteroatoms.